The summed E-state index contributed by atoms with van der Waals surface area (Å²) in [6.45, 7) is 7.36. The van der Waals surface area contributed by atoms with Gasteiger partial charge in [-0.15, -0.1) is 0 Å². The second kappa shape index (κ2) is 8.44. The number of aromatic nitrogens is 3. The molecule has 0 spiro atoms. The van der Waals surface area contributed by atoms with Crippen molar-refractivity contribution in [3.05, 3.63) is 88.1 Å². The van der Waals surface area contributed by atoms with E-state index in [-0.39, 0.29) is 0 Å². The maximum atomic E-state index is 9.68. The Kier molecular flexibility index (Phi) is 5.31. The number of benzene rings is 2. The fraction of sp³-hybridized carbons (Fsp3) is 0.222. The zero-order chi connectivity index (χ0) is 22.9. The molecule has 2 aromatic heterocycles. The molecule has 3 heterocycles. The van der Waals surface area contributed by atoms with Crippen molar-refractivity contribution in [1.82, 2.24) is 14.5 Å². The average Bonchev–Trinajstić information content (AvgIpc) is 3.08. The van der Waals surface area contributed by atoms with Crippen LogP contribution in [0.25, 0.3) is 16.7 Å². The molecule has 1 aliphatic rings. The van der Waals surface area contributed by atoms with Crippen LogP contribution in [-0.4, -0.2) is 21.1 Å². The van der Waals surface area contributed by atoms with Crippen molar-refractivity contribution in [2.75, 3.05) is 6.61 Å². The molecule has 33 heavy (non-hydrogen) atoms. The van der Waals surface area contributed by atoms with Gasteiger partial charge in [0.05, 0.1) is 19.2 Å². The predicted octanol–water partition coefficient (Wildman–Crippen LogP) is 5.42. The van der Waals surface area contributed by atoms with Crippen molar-refractivity contribution in [1.29, 1.82) is 5.26 Å². The highest BCUT2D eigenvalue weighted by molar-refractivity contribution is 5.88. The van der Waals surface area contributed by atoms with Crippen LogP contribution in [0, 0.1) is 18.3 Å². The van der Waals surface area contributed by atoms with Crippen molar-refractivity contribution in [3.63, 3.8) is 0 Å². The average molecular weight is 437 g/mol. The molecule has 0 radical (unpaired) electrons. The predicted molar refractivity (Wildman–Crippen MR) is 127 cm³/mol. The van der Waals surface area contributed by atoms with E-state index in [0.717, 1.165) is 50.3 Å². The Bertz CT molecular complexity index is 1440. The minimum absolute atomic E-state index is 0.433. The van der Waals surface area contributed by atoms with Crippen molar-refractivity contribution in [2.45, 2.75) is 33.9 Å². The number of pyridine rings is 1. The fourth-order valence-electron chi connectivity index (χ4n) is 4.35. The third-order valence-corrected chi connectivity index (χ3v) is 5.94. The Morgan fingerprint density at radius 3 is 2.85 bits per heavy atom. The molecule has 164 valence electrons. The molecule has 0 N–H and O–H groups in total. The molecule has 0 saturated carbocycles. The molecule has 6 heteroatoms. The molecule has 0 bridgehead atoms. The van der Waals surface area contributed by atoms with Crippen LogP contribution in [0.3, 0.4) is 0 Å². The monoisotopic (exact) mass is 436 g/mol. The zero-order valence-corrected chi connectivity index (χ0v) is 18.9. The lowest BCUT2D eigenvalue weighted by molar-refractivity contribution is 0.300. The quantitative estimate of drug-likeness (QED) is 0.399. The van der Waals surface area contributed by atoms with Crippen LogP contribution >= 0.6 is 0 Å². The molecule has 4 aromatic rings. The molecule has 0 saturated heterocycles. The summed E-state index contributed by atoms with van der Waals surface area (Å²) in [5, 5.41) is 9.68. The molecule has 0 amide bonds. The van der Waals surface area contributed by atoms with Gasteiger partial charge in [0, 0.05) is 22.9 Å². The summed E-state index contributed by atoms with van der Waals surface area (Å²) in [6, 6.07) is 19.1. The number of nitriles is 1. The smallest absolute Gasteiger partial charge is 0.298 e. The Labute approximate surface area is 192 Å². The molecule has 5 rings (SSSR count). The van der Waals surface area contributed by atoms with E-state index < -0.39 is 0 Å². The number of fused-ring (bicyclic) bond motifs is 3. The number of hydrogen-bond acceptors (Lipinski definition) is 5. The SMILES string of the molecule is CCOc1nc2c(C)ccnc2n1Cc1ccc2c(c1)COc1ccccc1/C2=C(/C)C#N. The second-order valence-corrected chi connectivity index (χ2v) is 8.10. The summed E-state index contributed by atoms with van der Waals surface area (Å²) in [4.78, 5) is 9.25. The van der Waals surface area contributed by atoms with E-state index in [1.807, 2.05) is 55.7 Å². The highest BCUT2D eigenvalue weighted by Crippen LogP contribution is 2.39. The van der Waals surface area contributed by atoms with E-state index in [4.69, 9.17) is 9.47 Å². The molecule has 0 atom stereocenters. The number of hydrogen-bond donors (Lipinski definition) is 0. The first-order chi connectivity index (χ1) is 16.1. The van der Waals surface area contributed by atoms with Gasteiger partial charge in [0.1, 0.15) is 17.9 Å². The van der Waals surface area contributed by atoms with Crippen LogP contribution in [0.4, 0.5) is 0 Å². The maximum absolute atomic E-state index is 9.68. The zero-order valence-electron chi connectivity index (χ0n) is 18.9. The largest absolute Gasteiger partial charge is 0.488 e. The van der Waals surface area contributed by atoms with Gasteiger partial charge in [-0.05, 0) is 61.2 Å². The Hall–Kier alpha value is -4.11. The number of para-hydroxylation sites is 1. The van der Waals surface area contributed by atoms with Crippen molar-refractivity contribution in [3.8, 4) is 17.8 Å². The molecule has 0 fully saturated rings. The lowest BCUT2D eigenvalue weighted by atomic mass is 9.90. The third kappa shape index (κ3) is 3.62. The van der Waals surface area contributed by atoms with Gasteiger partial charge in [0.2, 0.25) is 0 Å². The molecule has 1 aliphatic heterocycles. The van der Waals surface area contributed by atoms with Crippen LogP contribution in [0.2, 0.25) is 0 Å². The molecule has 6 nitrogen and oxygen atoms in total. The van der Waals surface area contributed by atoms with Gasteiger partial charge >= 0.3 is 0 Å². The van der Waals surface area contributed by atoms with Crippen molar-refractivity contribution in [2.24, 2.45) is 0 Å². The molecular formula is C27H24N4O2. The van der Waals surface area contributed by atoms with Gasteiger partial charge in [-0.3, -0.25) is 4.57 Å². The topological polar surface area (TPSA) is 73.0 Å². The molecule has 0 unspecified atom stereocenters. The number of ether oxygens (including phenoxy) is 2. The first-order valence-electron chi connectivity index (χ1n) is 11.0. The molecule has 2 aromatic carbocycles. The highest BCUT2D eigenvalue weighted by Gasteiger charge is 2.22. The Balaban J connectivity index is 1.60. The summed E-state index contributed by atoms with van der Waals surface area (Å²) in [5.41, 5.74) is 8.41. The number of rotatable bonds is 4. The van der Waals surface area contributed by atoms with Gasteiger partial charge < -0.3 is 9.47 Å². The van der Waals surface area contributed by atoms with Crippen LogP contribution in [0.1, 0.15) is 41.7 Å². The number of imidazole rings is 1. The first-order valence-corrected chi connectivity index (χ1v) is 11.0. The fourth-order valence-corrected chi connectivity index (χ4v) is 4.35. The van der Waals surface area contributed by atoms with Gasteiger partial charge in [0.25, 0.3) is 6.01 Å². The second-order valence-electron chi connectivity index (χ2n) is 8.10. The first kappa shape index (κ1) is 20.8. The third-order valence-electron chi connectivity index (χ3n) is 5.94. The normalized spacial score (nSPS) is 14.0. The summed E-state index contributed by atoms with van der Waals surface area (Å²) >= 11 is 0. The van der Waals surface area contributed by atoms with Gasteiger partial charge in [-0.1, -0.05) is 30.3 Å². The summed E-state index contributed by atoms with van der Waals surface area (Å²) < 4.78 is 14.0. The number of aryl methyl sites for hydroxylation is 1. The van der Waals surface area contributed by atoms with Gasteiger partial charge in [-0.25, -0.2) is 4.98 Å². The van der Waals surface area contributed by atoms with Crippen LogP contribution < -0.4 is 9.47 Å². The van der Waals surface area contributed by atoms with E-state index in [1.54, 1.807) is 6.20 Å². The maximum Gasteiger partial charge on any atom is 0.298 e. The van der Waals surface area contributed by atoms with Crippen molar-refractivity contribution >= 4 is 16.7 Å². The number of allylic oxidation sites excluding steroid dienone is 1. The van der Waals surface area contributed by atoms with E-state index in [9.17, 15) is 5.26 Å². The Morgan fingerprint density at radius 2 is 2.03 bits per heavy atom. The van der Waals surface area contributed by atoms with Crippen LogP contribution in [0.5, 0.6) is 11.8 Å². The lowest BCUT2D eigenvalue weighted by Gasteiger charge is -2.14. The summed E-state index contributed by atoms with van der Waals surface area (Å²) in [6.07, 6.45) is 1.80. The Morgan fingerprint density at radius 1 is 1.18 bits per heavy atom. The van der Waals surface area contributed by atoms with Crippen LogP contribution in [0.15, 0.2) is 60.3 Å². The standard InChI is InChI=1S/C27H24N4O2/c1-4-32-27-30-25-17(2)11-12-29-26(25)31(27)15-19-9-10-21-20(13-19)16-33-23-8-6-5-7-22(23)24(21)18(3)14-28/h5-13H,4,15-16H2,1-3H3/b24-18-. The van der Waals surface area contributed by atoms with Gasteiger partial charge in [-0.2, -0.15) is 10.2 Å². The van der Waals surface area contributed by atoms with E-state index in [0.29, 0.717) is 31.3 Å². The minimum atomic E-state index is 0.433. The van der Waals surface area contributed by atoms with Gasteiger partial charge in [0.15, 0.2) is 5.65 Å². The number of nitrogens with zero attached hydrogens (tertiary/aromatic N) is 4. The highest BCUT2D eigenvalue weighted by atomic mass is 16.5. The van der Waals surface area contributed by atoms with Crippen LogP contribution in [-0.2, 0) is 13.2 Å². The summed E-state index contributed by atoms with van der Waals surface area (Å²) in [7, 11) is 0. The van der Waals surface area contributed by atoms with E-state index in [1.165, 1.54) is 0 Å². The van der Waals surface area contributed by atoms with E-state index in [2.05, 4.69) is 34.2 Å². The van der Waals surface area contributed by atoms with E-state index >= 15 is 0 Å². The molecule has 0 aliphatic carbocycles. The molecular weight excluding hydrogens is 412 g/mol. The lowest BCUT2D eigenvalue weighted by Crippen LogP contribution is -2.07. The summed E-state index contributed by atoms with van der Waals surface area (Å²) in [5.74, 6) is 0.791. The van der Waals surface area contributed by atoms with Crippen molar-refractivity contribution < 1.29 is 9.47 Å². The minimum Gasteiger partial charge on any atom is -0.488 e.